The molecule has 2 heterocycles. The molecule has 2 aromatic rings. The number of pyridine rings is 2. The van der Waals surface area contributed by atoms with Crippen molar-refractivity contribution in [1.82, 2.24) is 9.97 Å². The molecule has 0 aliphatic heterocycles. The first-order chi connectivity index (χ1) is 9.08. The van der Waals surface area contributed by atoms with Crippen molar-refractivity contribution < 1.29 is 4.79 Å². The molecule has 0 aromatic carbocycles. The first-order valence-corrected chi connectivity index (χ1v) is 6.00. The highest BCUT2D eigenvalue weighted by atomic mass is 16.1. The van der Waals surface area contributed by atoms with Gasteiger partial charge < -0.3 is 10.6 Å². The van der Waals surface area contributed by atoms with E-state index in [4.69, 9.17) is 0 Å². The lowest BCUT2D eigenvalue weighted by Gasteiger charge is -2.07. The van der Waals surface area contributed by atoms with Gasteiger partial charge in [0, 0.05) is 12.7 Å². The molecule has 0 aliphatic carbocycles. The maximum Gasteiger partial charge on any atom is 0.275 e. The number of amides is 1. The smallest absolute Gasteiger partial charge is 0.275 e. The lowest BCUT2D eigenvalue weighted by atomic mass is 10.2. The molecule has 0 saturated heterocycles. The third kappa shape index (κ3) is 3.28. The van der Waals surface area contributed by atoms with Crippen LogP contribution < -0.4 is 10.6 Å². The van der Waals surface area contributed by atoms with Gasteiger partial charge in [-0.2, -0.15) is 0 Å². The average Bonchev–Trinajstić information content (AvgIpc) is 2.37. The van der Waals surface area contributed by atoms with Crippen LogP contribution in [-0.2, 0) is 0 Å². The minimum atomic E-state index is -0.269. The minimum Gasteiger partial charge on any atom is -0.373 e. The zero-order valence-electron chi connectivity index (χ0n) is 11.2. The highest BCUT2D eigenvalue weighted by molar-refractivity contribution is 6.02. The lowest BCUT2D eigenvalue weighted by molar-refractivity contribution is 0.102. The predicted molar refractivity (Wildman–Crippen MR) is 75.4 cm³/mol. The summed E-state index contributed by atoms with van der Waals surface area (Å²) in [6, 6.07) is 9.02. The third-order valence-electron chi connectivity index (χ3n) is 2.58. The van der Waals surface area contributed by atoms with Crippen LogP contribution in [0.4, 0.5) is 11.6 Å². The van der Waals surface area contributed by atoms with E-state index >= 15 is 0 Å². The molecule has 0 atom stereocenters. The van der Waals surface area contributed by atoms with E-state index in [1.807, 2.05) is 26.0 Å². The molecule has 2 rings (SSSR count). The van der Waals surface area contributed by atoms with Crippen LogP contribution in [0.5, 0.6) is 0 Å². The van der Waals surface area contributed by atoms with Crippen LogP contribution >= 0.6 is 0 Å². The topological polar surface area (TPSA) is 66.9 Å². The number of carbonyl (C=O) groups is 1. The first kappa shape index (κ1) is 13.0. The minimum absolute atomic E-state index is 0.269. The molecule has 0 saturated carbocycles. The van der Waals surface area contributed by atoms with Crippen molar-refractivity contribution in [3.05, 3.63) is 47.3 Å². The molecule has 0 unspecified atom stereocenters. The van der Waals surface area contributed by atoms with Crippen molar-refractivity contribution in [2.45, 2.75) is 13.8 Å². The number of anilines is 2. The number of nitrogens with zero attached hydrogens (tertiary/aromatic N) is 2. The van der Waals surface area contributed by atoms with E-state index in [0.29, 0.717) is 17.3 Å². The van der Waals surface area contributed by atoms with E-state index in [1.165, 1.54) is 0 Å². The number of rotatable bonds is 3. The van der Waals surface area contributed by atoms with Gasteiger partial charge in [0.05, 0.1) is 0 Å². The summed E-state index contributed by atoms with van der Waals surface area (Å²) < 4.78 is 0. The number of aryl methyl sites for hydroxylation is 2. The fraction of sp³-hybridized carbons (Fsp3) is 0.214. The Labute approximate surface area is 112 Å². The average molecular weight is 256 g/mol. The Bertz CT molecular complexity index is 590. The highest BCUT2D eigenvalue weighted by Gasteiger charge is 2.09. The summed E-state index contributed by atoms with van der Waals surface area (Å²) >= 11 is 0. The van der Waals surface area contributed by atoms with Gasteiger partial charge in [0.25, 0.3) is 5.91 Å². The number of nitrogens with one attached hydrogen (secondary N) is 2. The fourth-order valence-corrected chi connectivity index (χ4v) is 1.79. The molecule has 98 valence electrons. The van der Waals surface area contributed by atoms with Crippen molar-refractivity contribution in [2.75, 3.05) is 17.7 Å². The van der Waals surface area contributed by atoms with E-state index in [2.05, 4.69) is 20.6 Å². The molecule has 2 aromatic heterocycles. The normalized spacial score (nSPS) is 10.1. The van der Waals surface area contributed by atoms with Crippen LogP contribution in [0, 0.1) is 13.8 Å². The second-order valence-corrected chi connectivity index (χ2v) is 4.28. The lowest BCUT2D eigenvalue weighted by Crippen LogP contribution is -2.15. The van der Waals surface area contributed by atoms with Crippen molar-refractivity contribution in [3.8, 4) is 0 Å². The summed E-state index contributed by atoms with van der Waals surface area (Å²) in [5.41, 5.74) is 2.28. The van der Waals surface area contributed by atoms with Crippen LogP contribution in [0.3, 0.4) is 0 Å². The molecule has 5 heteroatoms. The zero-order chi connectivity index (χ0) is 13.8. The van der Waals surface area contributed by atoms with E-state index in [0.717, 1.165) is 11.3 Å². The Morgan fingerprint density at radius 2 is 1.89 bits per heavy atom. The second-order valence-electron chi connectivity index (χ2n) is 4.28. The summed E-state index contributed by atoms with van der Waals surface area (Å²) in [5, 5.41) is 5.65. The van der Waals surface area contributed by atoms with Crippen molar-refractivity contribution >= 4 is 17.5 Å². The Morgan fingerprint density at radius 3 is 2.58 bits per heavy atom. The first-order valence-electron chi connectivity index (χ1n) is 6.00. The third-order valence-corrected chi connectivity index (χ3v) is 2.58. The van der Waals surface area contributed by atoms with E-state index in [-0.39, 0.29) is 5.91 Å². The van der Waals surface area contributed by atoms with Gasteiger partial charge in [-0.25, -0.2) is 9.97 Å². The van der Waals surface area contributed by atoms with Crippen molar-refractivity contribution in [2.24, 2.45) is 0 Å². The van der Waals surface area contributed by atoms with Crippen molar-refractivity contribution in [3.63, 3.8) is 0 Å². The van der Waals surface area contributed by atoms with Crippen molar-refractivity contribution in [1.29, 1.82) is 0 Å². The van der Waals surface area contributed by atoms with Gasteiger partial charge in [0.1, 0.15) is 17.3 Å². The Hall–Kier alpha value is -2.43. The molecule has 19 heavy (non-hydrogen) atoms. The molecule has 0 bridgehead atoms. The predicted octanol–water partition coefficient (Wildman–Crippen LogP) is 2.39. The highest BCUT2D eigenvalue weighted by Crippen LogP contribution is 2.11. The monoisotopic (exact) mass is 256 g/mol. The quantitative estimate of drug-likeness (QED) is 0.884. The zero-order valence-corrected chi connectivity index (χ0v) is 11.2. The Balaban J connectivity index is 2.20. The molecule has 0 fully saturated rings. The number of hydrogen-bond donors (Lipinski definition) is 2. The Morgan fingerprint density at radius 1 is 1.11 bits per heavy atom. The molecule has 0 spiro atoms. The van der Waals surface area contributed by atoms with Crippen LogP contribution in [0.25, 0.3) is 0 Å². The molecule has 0 radical (unpaired) electrons. The fourth-order valence-electron chi connectivity index (χ4n) is 1.79. The van der Waals surface area contributed by atoms with Gasteiger partial charge in [-0.05, 0) is 43.7 Å². The molecule has 5 nitrogen and oxygen atoms in total. The van der Waals surface area contributed by atoms with E-state index in [1.54, 1.807) is 25.2 Å². The SMILES string of the molecule is CNc1cccc(C(=O)Nc2cc(C)cc(C)n2)n1. The van der Waals surface area contributed by atoms with Gasteiger partial charge in [-0.15, -0.1) is 0 Å². The summed E-state index contributed by atoms with van der Waals surface area (Å²) in [5.74, 6) is 0.926. The van der Waals surface area contributed by atoms with Crippen LogP contribution in [-0.4, -0.2) is 22.9 Å². The number of hydrogen-bond acceptors (Lipinski definition) is 4. The standard InChI is InChI=1S/C14H16N4O/c1-9-7-10(2)16-13(8-9)18-14(19)11-5-4-6-12(15-3)17-11/h4-8H,1-3H3,(H,15,17)(H,16,18,19). The van der Waals surface area contributed by atoms with Gasteiger partial charge in [-0.1, -0.05) is 6.07 Å². The number of aromatic nitrogens is 2. The van der Waals surface area contributed by atoms with Crippen LogP contribution in [0.15, 0.2) is 30.3 Å². The molecule has 2 N–H and O–H groups in total. The maximum atomic E-state index is 12.1. The molecule has 0 aliphatic rings. The Kier molecular flexibility index (Phi) is 3.75. The van der Waals surface area contributed by atoms with Gasteiger partial charge in [0.2, 0.25) is 0 Å². The maximum absolute atomic E-state index is 12.1. The molecular formula is C14H16N4O. The molecule has 1 amide bonds. The number of carbonyl (C=O) groups excluding carboxylic acids is 1. The summed E-state index contributed by atoms with van der Waals surface area (Å²) in [7, 11) is 1.76. The largest absolute Gasteiger partial charge is 0.373 e. The summed E-state index contributed by atoms with van der Waals surface area (Å²) in [4.78, 5) is 20.5. The van der Waals surface area contributed by atoms with Gasteiger partial charge in [0.15, 0.2) is 0 Å². The van der Waals surface area contributed by atoms with Crippen LogP contribution in [0.2, 0.25) is 0 Å². The summed E-state index contributed by atoms with van der Waals surface area (Å²) in [6.45, 7) is 3.85. The van der Waals surface area contributed by atoms with Crippen LogP contribution in [0.1, 0.15) is 21.7 Å². The molecular weight excluding hydrogens is 240 g/mol. The van der Waals surface area contributed by atoms with Gasteiger partial charge >= 0.3 is 0 Å². The van der Waals surface area contributed by atoms with E-state index < -0.39 is 0 Å². The second kappa shape index (κ2) is 5.48. The van der Waals surface area contributed by atoms with Gasteiger partial charge in [-0.3, -0.25) is 4.79 Å². The summed E-state index contributed by atoms with van der Waals surface area (Å²) in [6.07, 6.45) is 0. The van der Waals surface area contributed by atoms with E-state index in [9.17, 15) is 4.79 Å².